The lowest BCUT2D eigenvalue weighted by molar-refractivity contribution is -0.140. The number of imide groups is 1. The van der Waals surface area contributed by atoms with Gasteiger partial charge in [-0.2, -0.15) is 10.1 Å². The zero-order valence-corrected chi connectivity index (χ0v) is 10.9. The molecule has 2 fully saturated rings. The standard InChI is InChI=1S/C14H12N2O2S/c17-13-11-8-3-4-9(6-8)12(11)14(18)16(13)15-7-10-2-1-5-19-10/h1-5,7-9,11-12H,6H2. The highest BCUT2D eigenvalue weighted by Gasteiger charge is 2.59. The van der Waals surface area contributed by atoms with E-state index >= 15 is 0 Å². The Hall–Kier alpha value is -1.75. The van der Waals surface area contributed by atoms with E-state index in [4.69, 9.17) is 0 Å². The van der Waals surface area contributed by atoms with Gasteiger partial charge in [-0.1, -0.05) is 18.2 Å². The number of rotatable bonds is 2. The minimum atomic E-state index is -0.164. The largest absolute Gasteiger partial charge is 0.272 e. The normalized spacial score (nSPS) is 35.9. The van der Waals surface area contributed by atoms with Gasteiger partial charge in [-0.15, -0.1) is 11.3 Å². The van der Waals surface area contributed by atoms with Crippen molar-refractivity contribution in [2.75, 3.05) is 0 Å². The first kappa shape index (κ1) is 11.1. The van der Waals surface area contributed by atoms with Crippen LogP contribution in [0.4, 0.5) is 0 Å². The van der Waals surface area contributed by atoms with E-state index in [1.54, 1.807) is 6.21 Å². The highest BCUT2D eigenvalue weighted by molar-refractivity contribution is 7.11. The number of nitrogens with zero attached hydrogens (tertiary/aromatic N) is 2. The molecule has 4 unspecified atom stereocenters. The molecule has 19 heavy (non-hydrogen) atoms. The van der Waals surface area contributed by atoms with Gasteiger partial charge in [0.1, 0.15) is 0 Å². The van der Waals surface area contributed by atoms with Crippen molar-refractivity contribution in [3.8, 4) is 0 Å². The number of hydrogen-bond donors (Lipinski definition) is 0. The molecular weight excluding hydrogens is 260 g/mol. The first-order chi connectivity index (χ1) is 9.25. The van der Waals surface area contributed by atoms with Crippen LogP contribution >= 0.6 is 11.3 Å². The van der Waals surface area contributed by atoms with Gasteiger partial charge in [0.15, 0.2) is 0 Å². The van der Waals surface area contributed by atoms with Gasteiger partial charge < -0.3 is 0 Å². The van der Waals surface area contributed by atoms with Gasteiger partial charge in [-0.05, 0) is 29.7 Å². The maximum Gasteiger partial charge on any atom is 0.254 e. The maximum absolute atomic E-state index is 12.3. The summed E-state index contributed by atoms with van der Waals surface area (Å²) in [4.78, 5) is 25.6. The summed E-state index contributed by atoms with van der Waals surface area (Å²) in [5.41, 5.74) is 0. The van der Waals surface area contributed by atoms with Crippen molar-refractivity contribution in [2.45, 2.75) is 6.42 Å². The Balaban J connectivity index is 1.62. The van der Waals surface area contributed by atoms with Crippen LogP contribution in [0.2, 0.25) is 0 Å². The summed E-state index contributed by atoms with van der Waals surface area (Å²) in [5.74, 6) is -0.0907. The third-order valence-electron chi connectivity index (χ3n) is 4.29. The summed E-state index contributed by atoms with van der Waals surface area (Å²) >= 11 is 1.53. The molecule has 2 aliphatic carbocycles. The second kappa shape index (κ2) is 3.87. The van der Waals surface area contributed by atoms with E-state index in [9.17, 15) is 9.59 Å². The summed E-state index contributed by atoms with van der Waals surface area (Å²) in [7, 11) is 0. The lowest BCUT2D eigenvalue weighted by atomic mass is 9.85. The molecular formula is C14H12N2O2S. The van der Waals surface area contributed by atoms with Crippen LogP contribution in [0.3, 0.4) is 0 Å². The Morgan fingerprint density at radius 1 is 1.21 bits per heavy atom. The molecule has 0 N–H and O–H groups in total. The molecule has 4 rings (SSSR count). The van der Waals surface area contributed by atoms with Crippen molar-refractivity contribution in [3.05, 3.63) is 34.5 Å². The molecule has 5 heteroatoms. The van der Waals surface area contributed by atoms with Crippen LogP contribution in [0.1, 0.15) is 11.3 Å². The summed E-state index contributed by atoms with van der Waals surface area (Å²) in [5, 5.41) is 7.12. The molecule has 0 aromatic carbocycles. The van der Waals surface area contributed by atoms with Gasteiger partial charge in [-0.25, -0.2) is 0 Å². The third kappa shape index (κ3) is 1.48. The van der Waals surface area contributed by atoms with Gasteiger partial charge in [0, 0.05) is 4.88 Å². The predicted molar refractivity (Wildman–Crippen MR) is 71.5 cm³/mol. The lowest BCUT2D eigenvalue weighted by Crippen LogP contribution is -2.28. The predicted octanol–water partition coefficient (Wildman–Crippen LogP) is 1.89. The second-order valence-electron chi connectivity index (χ2n) is 5.25. The van der Waals surface area contributed by atoms with E-state index in [1.165, 1.54) is 11.3 Å². The number of allylic oxidation sites excluding steroid dienone is 2. The molecule has 4 atom stereocenters. The molecule has 1 aliphatic heterocycles. The second-order valence-corrected chi connectivity index (χ2v) is 6.23. The Morgan fingerprint density at radius 3 is 2.47 bits per heavy atom. The van der Waals surface area contributed by atoms with Crippen LogP contribution in [0.15, 0.2) is 34.8 Å². The molecule has 0 spiro atoms. The zero-order chi connectivity index (χ0) is 13.0. The van der Waals surface area contributed by atoms with Crippen LogP contribution in [0.5, 0.6) is 0 Å². The molecule has 2 bridgehead atoms. The van der Waals surface area contributed by atoms with Crippen molar-refractivity contribution in [2.24, 2.45) is 28.8 Å². The van der Waals surface area contributed by atoms with E-state index in [2.05, 4.69) is 17.3 Å². The maximum atomic E-state index is 12.3. The molecule has 1 aromatic heterocycles. The number of fused-ring (bicyclic) bond motifs is 5. The molecule has 2 amide bonds. The fourth-order valence-electron chi connectivity index (χ4n) is 3.48. The molecule has 1 aromatic rings. The van der Waals surface area contributed by atoms with Gasteiger partial charge in [0.25, 0.3) is 11.8 Å². The average Bonchev–Trinajstić information content (AvgIpc) is 3.14. The van der Waals surface area contributed by atoms with E-state index in [-0.39, 0.29) is 35.5 Å². The van der Waals surface area contributed by atoms with Gasteiger partial charge in [0.05, 0.1) is 18.1 Å². The van der Waals surface area contributed by atoms with Crippen molar-refractivity contribution in [1.29, 1.82) is 0 Å². The van der Waals surface area contributed by atoms with Gasteiger partial charge in [-0.3, -0.25) is 9.59 Å². The number of hydrogen-bond acceptors (Lipinski definition) is 4. The fourth-order valence-corrected chi connectivity index (χ4v) is 4.06. The number of carbonyl (C=O) groups is 2. The Labute approximate surface area is 114 Å². The Bertz CT molecular complexity index is 575. The van der Waals surface area contributed by atoms with E-state index < -0.39 is 0 Å². The smallest absolute Gasteiger partial charge is 0.254 e. The topological polar surface area (TPSA) is 49.7 Å². The van der Waals surface area contributed by atoms with Crippen molar-refractivity contribution in [3.63, 3.8) is 0 Å². The quantitative estimate of drug-likeness (QED) is 0.469. The van der Waals surface area contributed by atoms with Crippen molar-refractivity contribution >= 4 is 29.4 Å². The summed E-state index contributed by atoms with van der Waals surface area (Å²) < 4.78 is 0. The molecule has 0 radical (unpaired) electrons. The van der Waals surface area contributed by atoms with Gasteiger partial charge in [0.2, 0.25) is 0 Å². The number of carbonyl (C=O) groups excluding carboxylic acids is 2. The first-order valence-corrected chi connectivity index (χ1v) is 7.27. The Morgan fingerprint density at radius 2 is 1.89 bits per heavy atom. The van der Waals surface area contributed by atoms with Crippen molar-refractivity contribution in [1.82, 2.24) is 5.01 Å². The Kier molecular flexibility index (Phi) is 2.26. The summed E-state index contributed by atoms with van der Waals surface area (Å²) in [6, 6.07) is 3.82. The van der Waals surface area contributed by atoms with E-state index in [1.807, 2.05) is 17.5 Å². The average molecular weight is 272 g/mol. The monoisotopic (exact) mass is 272 g/mol. The zero-order valence-electron chi connectivity index (χ0n) is 10.1. The molecule has 3 aliphatic rings. The van der Waals surface area contributed by atoms with Crippen LogP contribution in [-0.4, -0.2) is 23.0 Å². The third-order valence-corrected chi connectivity index (χ3v) is 5.10. The van der Waals surface area contributed by atoms with E-state index in [0.29, 0.717) is 0 Å². The highest BCUT2D eigenvalue weighted by atomic mass is 32.1. The minimum absolute atomic E-state index is 0.125. The van der Waals surface area contributed by atoms with Crippen LogP contribution in [0, 0.1) is 23.7 Å². The highest BCUT2D eigenvalue weighted by Crippen LogP contribution is 2.52. The fraction of sp³-hybridized carbons (Fsp3) is 0.357. The number of hydrazone groups is 1. The minimum Gasteiger partial charge on any atom is -0.272 e. The number of amides is 2. The lowest BCUT2D eigenvalue weighted by Gasteiger charge is -2.13. The summed E-state index contributed by atoms with van der Waals surface area (Å²) in [6.07, 6.45) is 6.72. The molecule has 96 valence electrons. The van der Waals surface area contributed by atoms with Crippen LogP contribution < -0.4 is 0 Å². The number of thiophene rings is 1. The van der Waals surface area contributed by atoms with Crippen LogP contribution in [-0.2, 0) is 9.59 Å². The van der Waals surface area contributed by atoms with Gasteiger partial charge >= 0.3 is 0 Å². The molecule has 1 saturated carbocycles. The van der Waals surface area contributed by atoms with Crippen molar-refractivity contribution < 1.29 is 9.59 Å². The SMILES string of the molecule is O=C1C2C3C=CC(C3)C2C(=O)N1N=Cc1cccs1. The first-order valence-electron chi connectivity index (χ1n) is 6.39. The summed E-state index contributed by atoms with van der Waals surface area (Å²) in [6.45, 7) is 0. The molecule has 4 nitrogen and oxygen atoms in total. The molecule has 2 heterocycles. The van der Waals surface area contributed by atoms with E-state index in [0.717, 1.165) is 16.3 Å². The molecule has 1 saturated heterocycles. The van der Waals surface area contributed by atoms with Crippen LogP contribution in [0.25, 0.3) is 0 Å².